The molecular formula is C20H17ClN2O5. The highest BCUT2D eigenvalue weighted by atomic mass is 35.5. The first kappa shape index (κ1) is 19.4. The number of carbonyl (C=O) groups is 1. The molecule has 2 N–H and O–H groups in total. The zero-order valence-corrected chi connectivity index (χ0v) is 15.9. The van der Waals surface area contributed by atoms with E-state index in [4.69, 9.17) is 26.2 Å². The van der Waals surface area contributed by atoms with Gasteiger partial charge in [-0.3, -0.25) is 4.79 Å². The molecule has 1 aromatic heterocycles. The Morgan fingerprint density at radius 1 is 1.25 bits per heavy atom. The summed E-state index contributed by atoms with van der Waals surface area (Å²) in [4.78, 5) is 30.3. The molecule has 144 valence electrons. The van der Waals surface area contributed by atoms with E-state index in [0.717, 1.165) is 0 Å². The van der Waals surface area contributed by atoms with Crippen molar-refractivity contribution in [3.05, 3.63) is 63.7 Å². The summed E-state index contributed by atoms with van der Waals surface area (Å²) in [6.45, 7) is 2.38. The van der Waals surface area contributed by atoms with Crippen molar-refractivity contribution in [1.29, 1.82) is 0 Å². The zero-order chi connectivity index (χ0) is 20.3. The van der Waals surface area contributed by atoms with Gasteiger partial charge in [0.2, 0.25) is 0 Å². The number of rotatable bonds is 6. The Bertz CT molecular complexity index is 1140. The van der Waals surface area contributed by atoms with Crippen LogP contribution in [-0.2, 0) is 0 Å². The third-order valence-electron chi connectivity index (χ3n) is 3.96. The molecule has 28 heavy (non-hydrogen) atoms. The molecule has 0 amide bonds. The fourth-order valence-electron chi connectivity index (χ4n) is 2.65. The molecule has 0 bridgehead atoms. The average molecular weight is 401 g/mol. The number of hydrogen-bond acceptors (Lipinski definition) is 5. The van der Waals surface area contributed by atoms with E-state index >= 15 is 0 Å². The number of aromatic carboxylic acids is 1. The number of carboxylic acid groups (broad SMARTS) is 1. The minimum absolute atomic E-state index is 0.0351. The Hall–Kier alpha value is -3.32. The second kappa shape index (κ2) is 8.14. The molecule has 0 saturated heterocycles. The predicted molar refractivity (Wildman–Crippen MR) is 107 cm³/mol. The number of aromatic amines is 1. The van der Waals surface area contributed by atoms with Gasteiger partial charge in [0, 0.05) is 0 Å². The lowest BCUT2D eigenvalue weighted by Crippen LogP contribution is -2.11. The van der Waals surface area contributed by atoms with Crippen LogP contribution in [0.3, 0.4) is 0 Å². The van der Waals surface area contributed by atoms with Crippen LogP contribution in [0.15, 0.2) is 41.2 Å². The normalized spacial score (nSPS) is 11.5. The molecule has 0 aliphatic carbocycles. The molecule has 0 unspecified atom stereocenters. The van der Waals surface area contributed by atoms with Crippen molar-refractivity contribution in [2.24, 2.45) is 0 Å². The Morgan fingerprint density at radius 2 is 2.04 bits per heavy atom. The first-order chi connectivity index (χ1) is 13.4. The zero-order valence-electron chi connectivity index (χ0n) is 15.2. The van der Waals surface area contributed by atoms with Crippen LogP contribution in [0.5, 0.6) is 11.5 Å². The summed E-state index contributed by atoms with van der Waals surface area (Å²) in [5, 5.41) is 9.59. The second-order valence-corrected chi connectivity index (χ2v) is 6.19. The van der Waals surface area contributed by atoms with E-state index < -0.39 is 11.5 Å². The fourth-order valence-corrected chi connectivity index (χ4v) is 2.86. The predicted octanol–water partition coefficient (Wildman–Crippen LogP) is 3.77. The van der Waals surface area contributed by atoms with Crippen LogP contribution in [0.4, 0.5) is 0 Å². The van der Waals surface area contributed by atoms with E-state index in [0.29, 0.717) is 23.7 Å². The number of nitrogens with one attached hydrogen (secondary N) is 1. The monoisotopic (exact) mass is 400 g/mol. The lowest BCUT2D eigenvalue weighted by molar-refractivity contribution is 0.0697. The number of methoxy groups -OCH3 is 1. The van der Waals surface area contributed by atoms with Crippen LogP contribution < -0.4 is 15.0 Å². The first-order valence-electron chi connectivity index (χ1n) is 8.38. The van der Waals surface area contributed by atoms with Crippen molar-refractivity contribution in [1.82, 2.24) is 9.97 Å². The van der Waals surface area contributed by atoms with Gasteiger partial charge in [0.25, 0.3) is 5.56 Å². The number of benzene rings is 2. The van der Waals surface area contributed by atoms with Gasteiger partial charge in [-0.25, -0.2) is 9.78 Å². The molecule has 0 radical (unpaired) electrons. The van der Waals surface area contributed by atoms with Crippen LogP contribution in [-0.4, -0.2) is 34.8 Å². The number of fused-ring (bicyclic) bond motifs is 1. The molecule has 0 aliphatic heterocycles. The number of H-pyrrole nitrogens is 1. The van der Waals surface area contributed by atoms with Gasteiger partial charge in [0.1, 0.15) is 0 Å². The van der Waals surface area contributed by atoms with Gasteiger partial charge in [-0.05, 0) is 48.9 Å². The second-order valence-electron chi connectivity index (χ2n) is 5.79. The number of nitrogens with zero attached hydrogens (tertiary/aromatic N) is 1. The molecule has 8 heteroatoms. The van der Waals surface area contributed by atoms with Crippen LogP contribution in [0.1, 0.15) is 28.7 Å². The SMILES string of the molecule is CCOc1ccc(/C=C(\Cl)c2nc3cc(C(=O)O)ccc3c(=O)[nH]2)cc1OC. The molecule has 1 heterocycles. The molecule has 3 rings (SSSR count). The number of hydrogen-bond donors (Lipinski definition) is 2. The smallest absolute Gasteiger partial charge is 0.335 e. The Labute approximate surface area is 165 Å². The minimum atomic E-state index is -1.10. The topological polar surface area (TPSA) is 102 Å². The Morgan fingerprint density at radius 3 is 2.71 bits per heavy atom. The molecular weight excluding hydrogens is 384 g/mol. The summed E-state index contributed by atoms with van der Waals surface area (Å²) in [5.74, 6) is 0.186. The van der Waals surface area contributed by atoms with Crippen molar-refractivity contribution in [2.75, 3.05) is 13.7 Å². The summed E-state index contributed by atoms with van der Waals surface area (Å²) in [5.41, 5.74) is 0.586. The van der Waals surface area contributed by atoms with Gasteiger partial charge in [0.15, 0.2) is 17.3 Å². The molecule has 0 aliphatic rings. The maximum Gasteiger partial charge on any atom is 0.335 e. The Balaban J connectivity index is 2.04. The lowest BCUT2D eigenvalue weighted by Gasteiger charge is -2.10. The summed E-state index contributed by atoms with van der Waals surface area (Å²) >= 11 is 6.35. The third-order valence-corrected chi connectivity index (χ3v) is 4.25. The van der Waals surface area contributed by atoms with Crippen molar-refractivity contribution in [3.63, 3.8) is 0 Å². The van der Waals surface area contributed by atoms with E-state index in [1.165, 1.54) is 25.3 Å². The molecule has 2 aromatic carbocycles. The molecule has 0 saturated carbocycles. The van der Waals surface area contributed by atoms with Gasteiger partial charge >= 0.3 is 5.97 Å². The van der Waals surface area contributed by atoms with E-state index in [1.807, 2.05) is 6.92 Å². The van der Waals surface area contributed by atoms with Crippen molar-refractivity contribution < 1.29 is 19.4 Å². The van der Waals surface area contributed by atoms with Gasteiger partial charge in [-0.15, -0.1) is 0 Å². The van der Waals surface area contributed by atoms with Gasteiger partial charge < -0.3 is 19.6 Å². The quantitative estimate of drug-likeness (QED) is 0.653. The summed E-state index contributed by atoms with van der Waals surface area (Å²) in [6.07, 6.45) is 1.62. The van der Waals surface area contributed by atoms with Crippen molar-refractivity contribution in [3.8, 4) is 11.5 Å². The van der Waals surface area contributed by atoms with Gasteiger partial charge in [0.05, 0.1) is 35.2 Å². The van der Waals surface area contributed by atoms with Gasteiger partial charge in [-0.2, -0.15) is 0 Å². The van der Waals surface area contributed by atoms with E-state index in [2.05, 4.69) is 9.97 Å². The number of ether oxygens (including phenoxy) is 2. The minimum Gasteiger partial charge on any atom is -0.493 e. The fraction of sp³-hybridized carbons (Fsp3) is 0.150. The average Bonchev–Trinajstić information content (AvgIpc) is 2.68. The van der Waals surface area contributed by atoms with Gasteiger partial charge in [-0.1, -0.05) is 17.7 Å². The van der Waals surface area contributed by atoms with Crippen LogP contribution in [0.25, 0.3) is 22.0 Å². The maximum atomic E-state index is 12.3. The summed E-state index contributed by atoms with van der Waals surface area (Å²) in [7, 11) is 1.54. The number of halogens is 1. The summed E-state index contributed by atoms with van der Waals surface area (Å²) < 4.78 is 10.8. The number of aromatic nitrogens is 2. The molecule has 0 spiro atoms. The Kier molecular flexibility index (Phi) is 5.65. The molecule has 0 atom stereocenters. The highest BCUT2D eigenvalue weighted by molar-refractivity contribution is 6.50. The lowest BCUT2D eigenvalue weighted by atomic mass is 10.1. The largest absolute Gasteiger partial charge is 0.493 e. The van der Waals surface area contributed by atoms with E-state index in [-0.39, 0.29) is 27.3 Å². The third kappa shape index (κ3) is 3.99. The van der Waals surface area contributed by atoms with Crippen molar-refractivity contribution in [2.45, 2.75) is 6.92 Å². The van der Waals surface area contributed by atoms with Crippen LogP contribution in [0.2, 0.25) is 0 Å². The van der Waals surface area contributed by atoms with Crippen molar-refractivity contribution >= 4 is 39.6 Å². The molecule has 0 fully saturated rings. The first-order valence-corrected chi connectivity index (χ1v) is 8.76. The van der Waals surface area contributed by atoms with E-state index in [9.17, 15) is 9.59 Å². The highest BCUT2D eigenvalue weighted by Crippen LogP contribution is 2.30. The van der Waals surface area contributed by atoms with E-state index in [1.54, 1.807) is 24.3 Å². The summed E-state index contributed by atoms with van der Waals surface area (Å²) in [6, 6.07) is 9.40. The standard InChI is InChI=1S/C20H17ClN2O5/c1-3-28-16-7-4-11(9-17(16)27-2)8-14(21)18-22-15-10-12(20(25)26)5-6-13(15)19(24)23-18/h4-10H,3H2,1-2H3,(H,25,26)(H,22,23,24)/b14-8-. The highest BCUT2D eigenvalue weighted by Gasteiger charge is 2.11. The molecule has 7 nitrogen and oxygen atoms in total. The number of carboxylic acids is 1. The van der Waals surface area contributed by atoms with Crippen LogP contribution >= 0.6 is 11.6 Å². The molecule has 3 aromatic rings. The van der Waals surface area contributed by atoms with Crippen LogP contribution in [0, 0.1) is 0 Å². The maximum absolute atomic E-state index is 12.3.